The van der Waals surface area contributed by atoms with Crippen LogP contribution in [0.5, 0.6) is 5.75 Å². The predicted octanol–water partition coefficient (Wildman–Crippen LogP) is 7.48. The molecule has 1 saturated heterocycles. The summed E-state index contributed by atoms with van der Waals surface area (Å²) in [6.45, 7) is 11.7. The van der Waals surface area contributed by atoms with Crippen molar-refractivity contribution in [2.75, 3.05) is 13.1 Å². The first-order valence-electron chi connectivity index (χ1n) is 15.2. The molecule has 8 nitrogen and oxygen atoms in total. The van der Waals surface area contributed by atoms with Gasteiger partial charge in [-0.05, 0) is 102 Å². The van der Waals surface area contributed by atoms with Gasteiger partial charge in [0, 0.05) is 24.2 Å². The first-order chi connectivity index (χ1) is 21.2. The van der Waals surface area contributed by atoms with E-state index in [0.717, 1.165) is 28.9 Å². The Morgan fingerprint density at radius 1 is 0.822 bits per heavy atom. The van der Waals surface area contributed by atoms with Gasteiger partial charge in [-0.1, -0.05) is 54.3 Å². The van der Waals surface area contributed by atoms with Gasteiger partial charge in [0.1, 0.15) is 17.0 Å². The van der Waals surface area contributed by atoms with E-state index < -0.39 is 23.4 Å². The van der Waals surface area contributed by atoms with E-state index in [9.17, 15) is 19.5 Å². The Hall–Kier alpha value is -4.77. The lowest BCUT2D eigenvalue weighted by Crippen LogP contribution is -2.43. The molecule has 1 aliphatic heterocycles. The summed E-state index contributed by atoms with van der Waals surface area (Å²) in [5, 5.41) is 9.97. The molecule has 236 valence electrons. The van der Waals surface area contributed by atoms with Gasteiger partial charge in [0.25, 0.3) is 5.91 Å². The maximum absolute atomic E-state index is 13.4. The van der Waals surface area contributed by atoms with Gasteiger partial charge in [-0.15, -0.1) is 0 Å². The summed E-state index contributed by atoms with van der Waals surface area (Å²) in [5.74, 6) is 6.31. The summed E-state index contributed by atoms with van der Waals surface area (Å²) in [7, 11) is 0. The van der Waals surface area contributed by atoms with Crippen molar-refractivity contribution in [2.24, 2.45) is 0 Å². The van der Waals surface area contributed by atoms with Gasteiger partial charge in [0.05, 0.1) is 12.1 Å². The van der Waals surface area contributed by atoms with Gasteiger partial charge >= 0.3 is 12.2 Å². The number of rotatable bonds is 4. The zero-order valence-corrected chi connectivity index (χ0v) is 26.9. The van der Waals surface area contributed by atoms with Crippen molar-refractivity contribution in [3.8, 4) is 17.6 Å². The molecule has 0 unspecified atom stereocenters. The van der Waals surface area contributed by atoms with Crippen molar-refractivity contribution < 1.29 is 29.0 Å². The SMILES string of the molecule is CC(C)(C)OC(=O)N(Cc1cccc(C2CCN(C(=O)c3cccc(C#Cc4ccccc4O)c3)CC2)c1)C(=O)OC(C)(C)C. The van der Waals surface area contributed by atoms with E-state index in [1.807, 2.05) is 47.4 Å². The Morgan fingerprint density at radius 3 is 2.07 bits per heavy atom. The van der Waals surface area contributed by atoms with Crippen molar-refractivity contribution in [3.05, 3.63) is 101 Å². The van der Waals surface area contributed by atoms with Crippen molar-refractivity contribution in [1.82, 2.24) is 9.80 Å². The summed E-state index contributed by atoms with van der Waals surface area (Å²) in [4.78, 5) is 42.2. The highest BCUT2D eigenvalue weighted by Crippen LogP contribution is 2.30. The average Bonchev–Trinajstić information content (AvgIpc) is 2.97. The molecule has 0 radical (unpaired) electrons. The number of carbonyl (C=O) groups excluding carboxylic acids is 3. The molecule has 0 saturated carbocycles. The third-order valence-electron chi connectivity index (χ3n) is 7.13. The Kier molecular flexibility index (Phi) is 10.2. The van der Waals surface area contributed by atoms with Crippen LogP contribution in [0.3, 0.4) is 0 Å². The van der Waals surface area contributed by atoms with Crippen molar-refractivity contribution in [3.63, 3.8) is 0 Å². The molecule has 8 heteroatoms. The molecule has 45 heavy (non-hydrogen) atoms. The second-order valence-electron chi connectivity index (χ2n) is 13.2. The highest BCUT2D eigenvalue weighted by atomic mass is 16.6. The number of aromatic hydroxyl groups is 1. The standard InChI is InChI=1S/C37H42N2O6/c1-36(2,3)44-34(42)39(35(43)45-37(4,5)6)25-27-12-10-14-30(24-27)28-19-21-38(22-20-28)33(41)31-15-9-11-26(23-31)17-18-29-13-7-8-16-32(29)40/h7-16,23-24,28,40H,19-22,25H2,1-6H3. The van der Waals surface area contributed by atoms with Crippen molar-refractivity contribution >= 4 is 18.1 Å². The van der Waals surface area contributed by atoms with Crippen LogP contribution in [0, 0.1) is 11.8 Å². The first-order valence-corrected chi connectivity index (χ1v) is 15.2. The zero-order valence-electron chi connectivity index (χ0n) is 26.9. The molecule has 1 fully saturated rings. The third kappa shape index (κ3) is 9.61. The number of carbonyl (C=O) groups is 3. The molecule has 0 atom stereocenters. The fourth-order valence-electron chi connectivity index (χ4n) is 5.01. The van der Waals surface area contributed by atoms with Crippen LogP contribution in [0.15, 0.2) is 72.8 Å². The van der Waals surface area contributed by atoms with Crippen LogP contribution in [0.4, 0.5) is 9.59 Å². The molecule has 1 aliphatic rings. The minimum absolute atomic E-state index is 0.0120. The largest absolute Gasteiger partial charge is 0.507 e. The molecule has 0 aliphatic carbocycles. The summed E-state index contributed by atoms with van der Waals surface area (Å²) in [5.41, 5.74) is 2.13. The lowest BCUT2D eigenvalue weighted by molar-refractivity contribution is -0.000277. The topological polar surface area (TPSA) is 96.4 Å². The molecular formula is C37H42N2O6. The van der Waals surface area contributed by atoms with E-state index in [1.54, 1.807) is 71.9 Å². The quantitative estimate of drug-likeness (QED) is 0.308. The number of amides is 3. The number of hydrogen-bond acceptors (Lipinski definition) is 6. The number of piperidine rings is 1. The number of nitrogens with zero attached hydrogens (tertiary/aromatic N) is 2. The number of hydrogen-bond donors (Lipinski definition) is 1. The monoisotopic (exact) mass is 610 g/mol. The number of benzene rings is 3. The summed E-state index contributed by atoms with van der Waals surface area (Å²) >= 11 is 0. The van der Waals surface area contributed by atoms with Gasteiger partial charge < -0.3 is 19.5 Å². The second-order valence-corrected chi connectivity index (χ2v) is 13.2. The number of phenolic OH excluding ortho intramolecular Hbond substituents is 1. The Balaban J connectivity index is 1.41. The fourth-order valence-corrected chi connectivity index (χ4v) is 5.01. The van der Waals surface area contributed by atoms with Gasteiger partial charge in [0.15, 0.2) is 0 Å². The maximum atomic E-state index is 13.4. The Morgan fingerprint density at radius 2 is 1.44 bits per heavy atom. The average molecular weight is 611 g/mol. The van der Waals surface area contributed by atoms with Gasteiger partial charge in [-0.2, -0.15) is 0 Å². The lowest BCUT2D eigenvalue weighted by Gasteiger charge is -2.32. The summed E-state index contributed by atoms with van der Waals surface area (Å²) < 4.78 is 11.0. The molecule has 3 aromatic rings. The number of para-hydroxylation sites is 1. The van der Waals surface area contributed by atoms with Crippen LogP contribution in [-0.2, 0) is 16.0 Å². The zero-order chi connectivity index (χ0) is 32.8. The van der Waals surface area contributed by atoms with E-state index in [4.69, 9.17) is 9.47 Å². The minimum atomic E-state index is -0.772. The van der Waals surface area contributed by atoms with Crippen LogP contribution in [0.25, 0.3) is 0 Å². The van der Waals surface area contributed by atoms with Crippen LogP contribution >= 0.6 is 0 Å². The van der Waals surface area contributed by atoms with Crippen molar-refractivity contribution in [2.45, 2.75) is 78.0 Å². The highest BCUT2D eigenvalue weighted by Gasteiger charge is 2.32. The summed E-state index contributed by atoms with van der Waals surface area (Å²) in [6.07, 6.45) is 0.0395. The van der Waals surface area contributed by atoms with E-state index >= 15 is 0 Å². The van der Waals surface area contributed by atoms with Crippen LogP contribution in [0.1, 0.15) is 92.9 Å². The van der Waals surface area contributed by atoms with E-state index in [-0.39, 0.29) is 24.1 Å². The molecule has 0 spiro atoms. The van der Waals surface area contributed by atoms with Crippen LogP contribution in [0.2, 0.25) is 0 Å². The lowest BCUT2D eigenvalue weighted by atomic mass is 9.88. The van der Waals surface area contributed by atoms with Gasteiger partial charge in [-0.25, -0.2) is 14.5 Å². The van der Waals surface area contributed by atoms with Crippen LogP contribution < -0.4 is 0 Å². The summed E-state index contributed by atoms with van der Waals surface area (Å²) in [6, 6.07) is 22.0. The third-order valence-corrected chi connectivity index (χ3v) is 7.13. The fraction of sp³-hybridized carbons (Fsp3) is 0.378. The normalized spacial score (nSPS) is 13.8. The molecule has 1 heterocycles. The minimum Gasteiger partial charge on any atom is -0.507 e. The highest BCUT2D eigenvalue weighted by molar-refractivity contribution is 5.94. The van der Waals surface area contributed by atoms with Gasteiger partial charge in [-0.3, -0.25) is 4.79 Å². The number of imide groups is 1. The first kappa shape index (κ1) is 33.1. The van der Waals surface area contributed by atoms with Crippen LogP contribution in [-0.4, -0.2) is 57.3 Å². The number of ether oxygens (including phenoxy) is 2. The van der Waals surface area contributed by atoms with Crippen molar-refractivity contribution in [1.29, 1.82) is 0 Å². The smallest absolute Gasteiger partial charge is 0.420 e. The molecule has 0 aromatic heterocycles. The van der Waals surface area contributed by atoms with E-state index in [0.29, 0.717) is 29.8 Å². The predicted molar refractivity (Wildman–Crippen MR) is 173 cm³/mol. The molecule has 0 bridgehead atoms. The second kappa shape index (κ2) is 13.9. The van der Waals surface area contributed by atoms with E-state index in [1.165, 1.54) is 0 Å². The Labute approximate surface area is 265 Å². The molecular weight excluding hydrogens is 568 g/mol. The maximum Gasteiger partial charge on any atom is 0.420 e. The molecule has 1 N–H and O–H groups in total. The molecule has 3 aromatic carbocycles. The van der Waals surface area contributed by atoms with Gasteiger partial charge in [0.2, 0.25) is 0 Å². The molecule has 4 rings (SSSR count). The number of phenols is 1. The van der Waals surface area contributed by atoms with E-state index in [2.05, 4.69) is 11.8 Å². The number of likely N-dealkylation sites (tertiary alicyclic amines) is 1. The Bertz CT molecular complexity index is 1570. The molecule has 3 amide bonds.